The summed E-state index contributed by atoms with van der Waals surface area (Å²) in [6, 6.07) is 16.1. The Kier molecular flexibility index (Phi) is 5.82. The number of amides is 1. The second kappa shape index (κ2) is 8.90. The van der Waals surface area contributed by atoms with Gasteiger partial charge in [0.25, 0.3) is 0 Å². The predicted molar refractivity (Wildman–Crippen MR) is 123 cm³/mol. The number of hydrogen-bond donors (Lipinski definition) is 2. The number of methoxy groups -OCH3 is 1. The third kappa shape index (κ3) is 4.09. The van der Waals surface area contributed by atoms with Crippen LogP contribution in [0.5, 0.6) is 5.75 Å². The van der Waals surface area contributed by atoms with Gasteiger partial charge in [0.05, 0.1) is 24.7 Å². The number of imidazole rings is 1. The smallest absolute Gasteiger partial charge is 0.241 e. The van der Waals surface area contributed by atoms with Gasteiger partial charge in [0.2, 0.25) is 5.91 Å². The average Bonchev–Trinajstić information content (AvgIpc) is 3.45. The summed E-state index contributed by atoms with van der Waals surface area (Å²) in [6.07, 6.45) is 0.728. The number of hydrogen-bond acceptors (Lipinski definition) is 6. The largest absolute Gasteiger partial charge is 0.497 e. The molecule has 0 spiro atoms. The molecule has 1 amide bonds. The maximum atomic E-state index is 13.1. The van der Waals surface area contributed by atoms with Crippen molar-refractivity contribution >= 4 is 16.9 Å². The molecular weight excluding hydrogens is 404 g/mol. The number of carbonyl (C=O) groups excluding carboxylic acids is 1. The molecule has 8 heteroatoms. The number of ether oxygens (including phenoxy) is 1. The zero-order valence-electron chi connectivity index (χ0n) is 18.6. The summed E-state index contributed by atoms with van der Waals surface area (Å²) < 4.78 is 7.49. The lowest BCUT2D eigenvalue weighted by atomic mass is 10.0. The molecule has 3 aromatic rings. The second-order valence-electron chi connectivity index (χ2n) is 8.58. The molecule has 2 N–H and O–H groups in total. The molecule has 2 saturated heterocycles. The molecule has 3 heterocycles. The third-order valence-electron chi connectivity index (χ3n) is 6.63. The molecule has 1 aromatic heterocycles. The molecule has 0 bridgehead atoms. The number of aryl methyl sites for hydroxylation is 1. The topological polar surface area (TPSA) is 74.7 Å². The van der Waals surface area contributed by atoms with Crippen molar-refractivity contribution in [2.45, 2.75) is 25.0 Å². The van der Waals surface area contributed by atoms with Gasteiger partial charge in [-0.05, 0) is 36.2 Å². The van der Waals surface area contributed by atoms with Crippen LogP contribution < -0.4 is 15.6 Å². The number of piperazine rings is 1. The summed E-state index contributed by atoms with van der Waals surface area (Å²) in [7, 11) is 3.74. The van der Waals surface area contributed by atoms with Crippen LogP contribution in [0.15, 0.2) is 48.5 Å². The van der Waals surface area contributed by atoms with Crippen molar-refractivity contribution in [2.75, 3.05) is 33.3 Å². The van der Waals surface area contributed by atoms with E-state index in [-0.39, 0.29) is 18.0 Å². The number of hydrazine groups is 1. The number of aromatic nitrogens is 2. The standard InChI is InChI=1S/C24H30N6O2/c1-28-22-9-4-3-8-19(22)25-23(28)16-29-10-12-30(13-11-29)24(31)21-15-20(26-27-21)17-6-5-7-18(14-17)32-2/h3-9,14,20-21,26-27H,10-13,15-16H2,1-2H3. The van der Waals surface area contributed by atoms with E-state index in [0.29, 0.717) is 0 Å². The quantitative estimate of drug-likeness (QED) is 0.638. The minimum absolute atomic E-state index is 0.0953. The zero-order chi connectivity index (χ0) is 22.1. The molecule has 32 heavy (non-hydrogen) atoms. The van der Waals surface area contributed by atoms with Gasteiger partial charge in [-0.15, -0.1) is 0 Å². The fourth-order valence-electron chi connectivity index (χ4n) is 4.68. The maximum absolute atomic E-state index is 13.1. The molecule has 2 aliphatic rings. The average molecular weight is 435 g/mol. The Morgan fingerprint density at radius 3 is 2.69 bits per heavy atom. The fourth-order valence-corrected chi connectivity index (χ4v) is 4.68. The van der Waals surface area contributed by atoms with Crippen LogP contribution in [0.3, 0.4) is 0 Å². The monoisotopic (exact) mass is 434 g/mol. The van der Waals surface area contributed by atoms with Gasteiger partial charge < -0.3 is 14.2 Å². The Labute approximate surface area is 188 Å². The van der Waals surface area contributed by atoms with E-state index in [9.17, 15) is 4.79 Å². The van der Waals surface area contributed by atoms with E-state index in [0.717, 1.165) is 67.3 Å². The van der Waals surface area contributed by atoms with Crippen molar-refractivity contribution in [1.82, 2.24) is 30.2 Å². The summed E-state index contributed by atoms with van der Waals surface area (Å²) in [6.45, 7) is 3.99. The highest BCUT2D eigenvalue weighted by Gasteiger charge is 2.34. The van der Waals surface area contributed by atoms with Gasteiger partial charge in [0, 0.05) is 39.3 Å². The molecule has 2 aliphatic heterocycles. The van der Waals surface area contributed by atoms with Crippen molar-refractivity contribution in [1.29, 1.82) is 0 Å². The first-order valence-electron chi connectivity index (χ1n) is 11.2. The second-order valence-corrected chi connectivity index (χ2v) is 8.58. The van der Waals surface area contributed by atoms with Crippen LogP contribution in [0.4, 0.5) is 0 Å². The highest BCUT2D eigenvalue weighted by molar-refractivity contribution is 5.82. The van der Waals surface area contributed by atoms with E-state index in [1.54, 1.807) is 7.11 Å². The fraction of sp³-hybridized carbons (Fsp3) is 0.417. The lowest BCUT2D eigenvalue weighted by molar-refractivity contribution is -0.135. The van der Waals surface area contributed by atoms with Gasteiger partial charge in [-0.25, -0.2) is 15.8 Å². The van der Waals surface area contributed by atoms with Gasteiger partial charge in [0.15, 0.2) is 0 Å². The van der Waals surface area contributed by atoms with Crippen LogP contribution in [0.2, 0.25) is 0 Å². The van der Waals surface area contributed by atoms with Gasteiger partial charge in [-0.1, -0.05) is 24.3 Å². The maximum Gasteiger partial charge on any atom is 0.241 e. The number of rotatable bonds is 5. The van der Waals surface area contributed by atoms with Crippen LogP contribution >= 0.6 is 0 Å². The van der Waals surface area contributed by atoms with Crippen molar-refractivity contribution in [3.63, 3.8) is 0 Å². The summed E-state index contributed by atoms with van der Waals surface area (Å²) in [5.74, 6) is 2.06. The number of carbonyl (C=O) groups is 1. The SMILES string of the molecule is COc1cccc(C2CC(C(=O)N3CCN(Cc4nc5ccccc5n4C)CC3)NN2)c1. The molecule has 168 valence electrons. The molecule has 5 rings (SSSR count). The molecule has 0 saturated carbocycles. The predicted octanol–water partition coefficient (Wildman–Crippen LogP) is 1.83. The first-order valence-corrected chi connectivity index (χ1v) is 11.2. The first kappa shape index (κ1) is 20.9. The Morgan fingerprint density at radius 2 is 1.91 bits per heavy atom. The van der Waals surface area contributed by atoms with E-state index in [1.807, 2.05) is 35.2 Å². The van der Waals surface area contributed by atoms with Crippen molar-refractivity contribution < 1.29 is 9.53 Å². The third-order valence-corrected chi connectivity index (χ3v) is 6.63. The summed E-state index contributed by atoms with van der Waals surface area (Å²) >= 11 is 0. The van der Waals surface area contributed by atoms with E-state index in [1.165, 1.54) is 0 Å². The van der Waals surface area contributed by atoms with Crippen LogP contribution in [-0.2, 0) is 18.4 Å². The highest BCUT2D eigenvalue weighted by atomic mass is 16.5. The number of fused-ring (bicyclic) bond motifs is 1. The molecule has 2 atom stereocenters. The normalized spacial score (nSPS) is 21.9. The Balaban J connectivity index is 1.15. The van der Waals surface area contributed by atoms with Crippen molar-refractivity contribution in [3.05, 3.63) is 59.9 Å². The molecule has 2 fully saturated rings. The molecular formula is C24H30N6O2. The van der Waals surface area contributed by atoms with Gasteiger partial charge in [-0.3, -0.25) is 9.69 Å². The highest BCUT2D eigenvalue weighted by Crippen LogP contribution is 2.26. The number of nitrogens with one attached hydrogen (secondary N) is 2. The van der Waals surface area contributed by atoms with Gasteiger partial charge >= 0.3 is 0 Å². The summed E-state index contributed by atoms with van der Waals surface area (Å²) in [5, 5.41) is 0. The molecule has 2 aromatic carbocycles. The van der Waals surface area contributed by atoms with Crippen molar-refractivity contribution in [3.8, 4) is 5.75 Å². The minimum Gasteiger partial charge on any atom is -0.497 e. The number of para-hydroxylation sites is 2. The number of benzene rings is 2. The Hall–Kier alpha value is -2.94. The van der Waals surface area contributed by atoms with E-state index < -0.39 is 0 Å². The molecule has 8 nitrogen and oxygen atoms in total. The zero-order valence-corrected chi connectivity index (χ0v) is 18.6. The van der Waals surface area contributed by atoms with E-state index in [2.05, 4.69) is 45.6 Å². The molecule has 0 aliphatic carbocycles. The van der Waals surface area contributed by atoms with Crippen LogP contribution in [-0.4, -0.2) is 64.6 Å². The minimum atomic E-state index is -0.211. The molecule has 2 unspecified atom stereocenters. The Bertz CT molecular complexity index is 1100. The van der Waals surface area contributed by atoms with Crippen LogP contribution in [0.25, 0.3) is 11.0 Å². The lowest BCUT2D eigenvalue weighted by Gasteiger charge is -2.35. The van der Waals surface area contributed by atoms with Gasteiger partial charge in [-0.2, -0.15) is 0 Å². The van der Waals surface area contributed by atoms with E-state index >= 15 is 0 Å². The molecule has 0 radical (unpaired) electrons. The van der Waals surface area contributed by atoms with Crippen LogP contribution in [0.1, 0.15) is 23.9 Å². The summed E-state index contributed by atoms with van der Waals surface area (Å²) in [5.41, 5.74) is 9.79. The van der Waals surface area contributed by atoms with Crippen LogP contribution in [0, 0.1) is 0 Å². The van der Waals surface area contributed by atoms with E-state index in [4.69, 9.17) is 9.72 Å². The number of nitrogens with zero attached hydrogens (tertiary/aromatic N) is 4. The first-order chi connectivity index (χ1) is 15.6. The van der Waals surface area contributed by atoms with Crippen molar-refractivity contribution in [2.24, 2.45) is 7.05 Å². The Morgan fingerprint density at radius 1 is 1.09 bits per heavy atom. The summed E-state index contributed by atoms with van der Waals surface area (Å²) in [4.78, 5) is 22.3. The lowest BCUT2D eigenvalue weighted by Crippen LogP contribution is -2.53. The van der Waals surface area contributed by atoms with Gasteiger partial charge in [0.1, 0.15) is 17.6 Å².